The third-order valence-electron chi connectivity index (χ3n) is 7.57. The minimum absolute atomic E-state index is 0.0974. The van der Waals surface area contributed by atoms with E-state index in [0.717, 1.165) is 16.8 Å². The number of alkyl halides is 2. The van der Waals surface area contributed by atoms with Crippen LogP contribution >= 0.6 is 6.72 Å². The molecule has 263 valence electrons. The number of carbonyl (C=O) groups excluding carboxylic acids is 1. The van der Waals surface area contributed by atoms with E-state index in [1.807, 2.05) is 11.1 Å². The molecule has 5 heterocycles. The maximum Gasteiger partial charge on any atom is 0.330 e. The SMILES string of the molecule is N#CCCOP(=S)(OC[C@H]1[CH][C@@H](F)[C@H](n2cnc3c(NC(=O)c4ccccc4)ncnc32)O1)O[C@@H]1[C@H](F)[C@@H](CO)O[C@H]1n1ccc(=O)[nH]c1=O. The molecule has 1 amide bonds. The second kappa shape index (κ2) is 15.3. The van der Waals surface area contributed by atoms with E-state index >= 15 is 8.78 Å². The van der Waals surface area contributed by atoms with Gasteiger partial charge in [0.15, 0.2) is 41.8 Å². The molecule has 0 bridgehead atoms. The quantitative estimate of drug-likeness (QED) is 0.132. The molecule has 2 fully saturated rings. The summed E-state index contributed by atoms with van der Waals surface area (Å²) in [5.41, 5.74) is -0.931. The number of anilines is 1. The molecule has 2 saturated heterocycles. The number of hydrogen-bond donors (Lipinski definition) is 3. The lowest BCUT2D eigenvalue weighted by Crippen LogP contribution is -2.37. The number of carbonyl (C=O) groups is 1. The zero-order chi connectivity index (χ0) is 35.4. The number of amides is 1. The topological polar surface area (TPSA) is 218 Å². The highest BCUT2D eigenvalue weighted by Crippen LogP contribution is 2.55. The van der Waals surface area contributed by atoms with E-state index in [1.165, 1.54) is 23.6 Å². The Hall–Kier alpha value is -4.32. The normalized spacial score (nSPS) is 26.1. The van der Waals surface area contributed by atoms with Crippen LogP contribution in [-0.2, 0) is 34.9 Å². The Kier molecular flexibility index (Phi) is 10.9. The molecular formula is C29H28F2N8O9PS. The van der Waals surface area contributed by atoms with Gasteiger partial charge in [0.25, 0.3) is 11.5 Å². The van der Waals surface area contributed by atoms with Crippen LogP contribution in [0.4, 0.5) is 14.6 Å². The van der Waals surface area contributed by atoms with Crippen LogP contribution in [-0.4, -0.2) is 90.6 Å². The molecule has 2 aliphatic rings. The fourth-order valence-electron chi connectivity index (χ4n) is 5.23. The summed E-state index contributed by atoms with van der Waals surface area (Å²) < 4.78 is 61.8. The van der Waals surface area contributed by atoms with Crippen LogP contribution < -0.4 is 16.6 Å². The Morgan fingerprint density at radius 1 is 1.12 bits per heavy atom. The zero-order valence-corrected chi connectivity index (χ0v) is 27.4. The molecule has 17 nitrogen and oxygen atoms in total. The molecule has 1 unspecified atom stereocenters. The summed E-state index contributed by atoms with van der Waals surface area (Å²) in [5.74, 6) is -0.339. The van der Waals surface area contributed by atoms with Gasteiger partial charge in [-0.15, -0.1) is 0 Å². The van der Waals surface area contributed by atoms with E-state index in [4.69, 9.17) is 40.1 Å². The number of halogens is 2. The van der Waals surface area contributed by atoms with Gasteiger partial charge in [-0.05, 0) is 23.9 Å². The van der Waals surface area contributed by atoms with Crippen molar-refractivity contribution in [3.8, 4) is 6.07 Å². The maximum absolute atomic E-state index is 15.5. The molecule has 21 heteroatoms. The van der Waals surface area contributed by atoms with E-state index < -0.39 is 80.2 Å². The molecule has 4 aromatic rings. The fourth-order valence-corrected chi connectivity index (χ4v) is 7.30. The summed E-state index contributed by atoms with van der Waals surface area (Å²) in [6, 6.07) is 11.3. The van der Waals surface area contributed by atoms with Crippen molar-refractivity contribution in [3.63, 3.8) is 0 Å². The number of nitriles is 1. The lowest BCUT2D eigenvalue weighted by atomic mass is 10.1. The van der Waals surface area contributed by atoms with E-state index in [2.05, 4.69) is 20.3 Å². The number of imidazole rings is 1. The third kappa shape index (κ3) is 7.55. The van der Waals surface area contributed by atoms with Gasteiger partial charge in [-0.1, -0.05) is 18.2 Å². The van der Waals surface area contributed by atoms with Crippen LogP contribution in [0.2, 0.25) is 0 Å². The van der Waals surface area contributed by atoms with Gasteiger partial charge in [0.05, 0.1) is 44.7 Å². The molecule has 0 aliphatic carbocycles. The van der Waals surface area contributed by atoms with Crippen LogP contribution in [0.3, 0.4) is 0 Å². The number of nitrogens with one attached hydrogen (secondary N) is 2. The first-order valence-electron chi connectivity index (χ1n) is 15.0. The van der Waals surface area contributed by atoms with Crippen LogP contribution in [0.5, 0.6) is 0 Å². The Morgan fingerprint density at radius 2 is 1.92 bits per heavy atom. The Balaban J connectivity index is 1.17. The molecular weight excluding hydrogens is 705 g/mol. The van der Waals surface area contributed by atoms with Gasteiger partial charge in [0, 0.05) is 24.2 Å². The van der Waals surface area contributed by atoms with Crippen molar-refractivity contribution in [3.05, 3.63) is 88.1 Å². The summed E-state index contributed by atoms with van der Waals surface area (Å²) in [6.07, 6.45) is -6.14. The number of fused-ring (bicyclic) bond motifs is 1. The molecule has 8 atom stereocenters. The number of H-pyrrole nitrogens is 1. The number of nitrogens with zero attached hydrogens (tertiary/aromatic N) is 6. The number of hydrogen-bond acceptors (Lipinski definition) is 14. The number of aliphatic hydroxyl groups excluding tert-OH is 1. The molecule has 0 saturated carbocycles. The van der Waals surface area contributed by atoms with Gasteiger partial charge < -0.3 is 28.9 Å². The zero-order valence-electron chi connectivity index (χ0n) is 25.7. The van der Waals surface area contributed by atoms with Crippen LogP contribution in [0, 0.1) is 17.8 Å². The number of aromatic nitrogens is 6. The van der Waals surface area contributed by atoms with Gasteiger partial charge >= 0.3 is 12.4 Å². The number of benzene rings is 1. The smallest absolute Gasteiger partial charge is 0.330 e. The second-order valence-electron chi connectivity index (χ2n) is 10.8. The van der Waals surface area contributed by atoms with Crippen molar-refractivity contribution in [2.24, 2.45) is 0 Å². The summed E-state index contributed by atoms with van der Waals surface area (Å²) in [7, 11) is 0. The molecule has 2 aliphatic heterocycles. The standard InChI is InChI=1S/C29H28F2N8O9PS/c30-18-11-17(46-27(18)39-15-35-22-24(33-14-34-25(22)39)37-26(42)16-5-2-1-3-6-16)13-45-49(50,44-10-4-8-32)48-23-21(31)19(12-40)47-28(23)38-9-7-20(41)36-29(38)43/h1-3,5-7,9,11,14-15,17-19,21,23,27-28,40H,4,10,12-13H2,(H,36,41,43)(H,33,34,37,42)/t17-,18-,19-,21-,23-,27-,28-,49?/m1/s1. The lowest BCUT2D eigenvalue weighted by molar-refractivity contribution is -0.0557. The highest BCUT2D eigenvalue weighted by atomic mass is 32.5. The van der Waals surface area contributed by atoms with Gasteiger partial charge in [0.2, 0.25) is 0 Å². The molecule has 50 heavy (non-hydrogen) atoms. The maximum atomic E-state index is 15.5. The van der Waals surface area contributed by atoms with Crippen molar-refractivity contribution in [2.45, 2.75) is 49.5 Å². The predicted molar refractivity (Wildman–Crippen MR) is 171 cm³/mol. The summed E-state index contributed by atoms with van der Waals surface area (Å²) >= 11 is 5.53. The summed E-state index contributed by atoms with van der Waals surface area (Å²) in [4.78, 5) is 51.4. The number of ether oxygens (including phenoxy) is 2. The van der Waals surface area contributed by atoms with Gasteiger partial charge in [-0.25, -0.2) is 28.5 Å². The minimum atomic E-state index is -4.00. The molecule has 6 rings (SSSR count). The second-order valence-corrected chi connectivity index (χ2v) is 13.8. The lowest BCUT2D eigenvalue weighted by Gasteiger charge is -2.29. The van der Waals surface area contributed by atoms with E-state index in [9.17, 15) is 19.5 Å². The van der Waals surface area contributed by atoms with E-state index in [0.29, 0.717) is 5.56 Å². The number of aromatic amines is 1. The van der Waals surface area contributed by atoms with Crippen LogP contribution in [0.1, 0.15) is 29.2 Å². The molecule has 3 N–H and O–H groups in total. The van der Waals surface area contributed by atoms with Crippen molar-refractivity contribution in [1.29, 1.82) is 5.26 Å². The first-order chi connectivity index (χ1) is 24.1. The monoisotopic (exact) mass is 733 g/mol. The minimum Gasteiger partial charge on any atom is -0.394 e. The first kappa shape index (κ1) is 35.5. The molecule has 3 aromatic heterocycles. The fraction of sp³-hybridized carbons (Fsp3) is 0.379. The average molecular weight is 734 g/mol. The Bertz CT molecular complexity index is 2050. The predicted octanol–water partition coefficient (Wildman–Crippen LogP) is 1.85. The van der Waals surface area contributed by atoms with Crippen molar-refractivity contribution in [2.75, 3.05) is 25.1 Å². The highest BCUT2D eigenvalue weighted by Gasteiger charge is 2.50. The van der Waals surface area contributed by atoms with E-state index in [1.54, 1.807) is 30.3 Å². The van der Waals surface area contributed by atoms with Gasteiger partial charge in [-0.2, -0.15) is 5.26 Å². The Labute approximate surface area is 286 Å². The van der Waals surface area contributed by atoms with E-state index in [-0.39, 0.29) is 30.0 Å². The largest absolute Gasteiger partial charge is 0.394 e. The average Bonchev–Trinajstić information content (AvgIpc) is 3.79. The van der Waals surface area contributed by atoms with Crippen molar-refractivity contribution < 1.29 is 41.7 Å². The van der Waals surface area contributed by atoms with Crippen molar-refractivity contribution >= 4 is 41.4 Å². The summed E-state index contributed by atoms with van der Waals surface area (Å²) in [6.45, 7) is -5.51. The van der Waals surface area contributed by atoms with Crippen LogP contribution in [0.25, 0.3) is 11.2 Å². The number of aliphatic hydroxyl groups is 1. The van der Waals surface area contributed by atoms with Crippen LogP contribution in [0.15, 0.2) is 64.8 Å². The molecule has 1 aromatic carbocycles. The molecule has 1 radical (unpaired) electrons. The first-order valence-corrected chi connectivity index (χ1v) is 17.5. The van der Waals surface area contributed by atoms with Crippen molar-refractivity contribution in [1.82, 2.24) is 29.1 Å². The van der Waals surface area contributed by atoms with Gasteiger partial charge in [0.1, 0.15) is 18.5 Å². The number of rotatable bonds is 13. The highest BCUT2D eigenvalue weighted by molar-refractivity contribution is 8.07. The molecule has 0 spiro atoms. The van der Waals surface area contributed by atoms with Gasteiger partial charge in [-0.3, -0.25) is 28.2 Å². The summed E-state index contributed by atoms with van der Waals surface area (Å²) in [5, 5.41) is 21.4. The Morgan fingerprint density at radius 3 is 2.66 bits per heavy atom. The third-order valence-corrected chi connectivity index (χ3v) is 9.92.